The van der Waals surface area contributed by atoms with Gasteiger partial charge in [-0.1, -0.05) is 12.1 Å². The number of guanidine groups is 1. The van der Waals surface area contributed by atoms with Crippen molar-refractivity contribution >= 4 is 12.2 Å². The molecule has 1 saturated heterocycles. The maximum absolute atomic E-state index is 5.81. The molecule has 7 nitrogen and oxygen atoms in total. The minimum Gasteiger partial charge on any atom is -0.492 e. The zero-order valence-electron chi connectivity index (χ0n) is 11.9. The first-order chi connectivity index (χ1) is 10.3. The molecule has 114 valence electrons. The summed E-state index contributed by atoms with van der Waals surface area (Å²) in [6, 6.07) is 7.62. The lowest BCUT2D eigenvalue weighted by molar-refractivity contribution is 0.0322. The minimum absolute atomic E-state index is 0.0723. The maximum atomic E-state index is 5.81. The molecule has 1 heterocycles. The number of benzene rings is 1. The van der Waals surface area contributed by atoms with E-state index in [2.05, 4.69) is 15.1 Å². The molecule has 4 N–H and O–H groups in total. The minimum atomic E-state index is -0.0723. The number of para-hydroxylation sites is 1. The van der Waals surface area contributed by atoms with E-state index in [9.17, 15) is 0 Å². The number of nitrogens with zero attached hydrogens (tertiary/aromatic N) is 3. The van der Waals surface area contributed by atoms with Crippen molar-refractivity contribution in [2.75, 3.05) is 39.5 Å². The number of nitrogens with two attached hydrogens (primary N) is 2. The fourth-order valence-electron chi connectivity index (χ4n) is 1.99. The number of hydrogen-bond acceptors (Lipinski definition) is 5. The molecular weight excluding hydrogens is 270 g/mol. The molecule has 0 bridgehead atoms. The van der Waals surface area contributed by atoms with Crippen LogP contribution >= 0.6 is 0 Å². The molecule has 0 unspecified atom stereocenters. The Kier molecular flexibility index (Phi) is 5.99. The first-order valence-electron chi connectivity index (χ1n) is 6.89. The molecule has 1 aromatic rings. The maximum Gasteiger partial charge on any atom is 0.211 e. The van der Waals surface area contributed by atoms with Crippen molar-refractivity contribution in [3.8, 4) is 5.75 Å². The molecule has 0 saturated carbocycles. The van der Waals surface area contributed by atoms with Gasteiger partial charge in [0, 0.05) is 25.2 Å². The molecule has 1 fully saturated rings. The second kappa shape index (κ2) is 8.23. The molecule has 0 radical (unpaired) electrons. The zero-order valence-corrected chi connectivity index (χ0v) is 11.9. The Bertz CT molecular complexity index is 494. The van der Waals surface area contributed by atoms with Gasteiger partial charge in [0.1, 0.15) is 12.4 Å². The first-order valence-corrected chi connectivity index (χ1v) is 6.89. The summed E-state index contributed by atoms with van der Waals surface area (Å²) in [4.78, 5) is 2.32. The molecule has 0 aromatic heterocycles. The summed E-state index contributed by atoms with van der Waals surface area (Å²) in [5.41, 5.74) is 11.3. The molecule has 1 aromatic carbocycles. The van der Waals surface area contributed by atoms with E-state index in [0.717, 1.165) is 44.2 Å². The molecule has 0 spiro atoms. The highest BCUT2D eigenvalue weighted by atomic mass is 16.5. The van der Waals surface area contributed by atoms with E-state index < -0.39 is 0 Å². The van der Waals surface area contributed by atoms with Crippen LogP contribution in [0.1, 0.15) is 5.56 Å². The average Bonchev–Trinajstić information content (AvgIpc) is 2.49. The van der Waals surface area contributed by atoms with Crippen molar-refractivity contribution in [2.24, 2.45) is 21.7 Å². The predicted octanol–water partition coefficient (Wildman–Crippen LogP) is 0.00490. The van der Waals surface area contributed by atoms with Gasteiger partial charge in [-0.25, -0.2) is 0 Å². The van der Waals surface area contributed by atoms with Gasteiger partial charge in [0.05, 0.1) is 19.4 Å². The van der Waals surface area contributed by atoms with Crippen molar-refractivity contribution in [1.82, 2.24) is 4.90 Å². The lowest BCUT2D eigenvalue weighted by Gasteiger charge is -2.26. The molecule has 1 aliphatic heterocycles. The predicted molar refractivity (Wildman–Crippen MR) is 82.6 cm³/mol. The van der Waals surface area contributed by atoms with Gasteiger partial charge in [-0.3, -0.25) is 4.90 Å². The van der Waals surface area contributed by atoms with E-state index in [1.165, 1.54) is 0 Å². The van der Waals surface area contributed by atoms with E-state index in [-0.39, 0.29) is 5.96 Å². The van der Waals surface area contributed by atoms with E-state index >= 15 is 0 Å². The van der Waals surface area contributed by atoms with Crippen molar-refractivity contribution in [3.63, 3.8) is 0 Å². The first kappa shape index (κ1) is 15.3. The molecule has 0 aliphatic carbocycles. The van der Waals surface area contributed by atoms with Gasteiger partial charge in [-0.05, 0) is 12.1 Å². The van der Waals surface area contributed by atoms with E-state index in [1.807, 2.05) is 24.3 Å². The standard InChI is InChI=1S/C14H21N5O2/c15-14(16)18-17-11-12-3-1-2-4-13(12)21-10-7-19-5-8-20-9-6-19/h1-4,11H,5-10H2,(H4,15,16,18). The molecule has 21 heavy (non-hydrogen) atoms. The second-order valence-electron chi connectivity index (χ2n) is 4.61. The fourth-order valence-corrected chi connectivity index (χ4v) is 1.99. The summed E-state index contributed by atoms with van der Waals surface area (Å²) in [6.45, 7) is 4.99. The van der Waals surface area contributed by atoms with E-state index in [1.54, 1.807) is 6.21 Å². The Morgan fingerprint density at radius 2 is 2.05 bits per heavy atom. The highest BCUT2D eigenvalue weighted by Gasteiger charge is 2.10. The van der Waals surface area contributed by atoms with Gasteiger partial charge in [-0.2, -0.15) is 5.10 Å². The lowest BCUT2D eigenvalue weighted by atomic mass is 10.2. The van der Waals surface area contributed by atoms with Crippen LogP contribution in [0, 0.1) is 0 Å². The van der Waals surface area contributed by atoms with Gasteiger partial charge >= 0.3 is 0 Å². The van der Waals surface area contributed by atoms with Crippen molar-refractivity contribution < 1.29 is 9.47 Å². The Balaban J connectivity index is 1.87. The molecular formula is C14H21N5O2. The van der Waals surface area contributed by atoms with Gasteiger partial charge in [0.15, 0.2) is 0 Å². The molecule has 2 rings (SSSR count). The summed E-state index contributed by atoms with van der Waals surface area (Å²) in [6.07, 6.45) is 1.57. The van der Waals surface area contributed by atoms with Gasteiger partial charge < -0.3 is 20.9 Å². The van der Waals surface area contributed by atoms with Gasteiger partial charge in [-0.15, -0.1) is 5.10 Å². The smallest absolute Gasteiger partial charge is 0.211 e. The van der Waals surface area contributed by atoms with Crippen molar-refractivity contribution in [2.45, 2.75) is 0 Å². The summed E-state index contributed by atoms with van der Waals surface area (Å²) < 4.78 is 11.1. The van der Waals surface area contributed by atoms with Crippen molar-refractivity contribution in [3.05, 3.63) is 29.8 Å². The Morgan fingerprint density at radius 1 is 1.29 bits per heavy atom. The largest absolute Gasteiger partial charge is 0.492 e. The normalized spacial score (nSPS) is 16.0. The van der Waals surface area contributed by atoms with E-state index in [0.29, 0.717) is 6.61 Å². The van der Waals surface area contributed by atoms with Gasteiger partial charge in [0.2, 0.25) is 5.96 Å². The summed E-state index contributed by atoms with van der Waals surface area (Å²) >= 11 is 0. The Morgan fingerprint density at radius 3 is 2.81 bits per heavy atom. The van der Waals surface area contributed by atoms with Crippen molar-refractivity contribution in [1.29, 1.82) is 0 Å². The fraction of sp³-hybridized carbons (Fsp3) is 0.429. The Hall–Kier alpha value is -2.12. The monoisotopic (exact) mass is 291 g/mol. The number of hydrogen-bond donors (Lipinski definition) is 2. The second-order valence-corrected chi connectivity index (χ2v) is 4.61. The Labute approximate surface area is 124 Å². The third-order valence-electron chi connectivity index (χ3n) is 3.06. The summed E-state index contributed by atoms with van der Waals surface area (Å²) in [7, 11) is 0. The van der Waals surface area contributed by atoms with Crippen LogP contribution in [0.2, 0.25) is 0 Å². The molecule has 0 amide bonds. The van der Waals surface area contributed by atoms with Crippen LogP contribution < -0.4 is 16.2 Å². The third kappa shape index (κ3) is 5.41. The lowest BCUT2D eigenvalue weighted by Crippen LogP contribution is -2.38. The SMILES string of the molecule is NC(N)=NN=Cc1ccccc1OCCN1CCOCC1. The highest BCUT2D eigenvalue weighted by molar-refractivity contribution is 5.84. The van der Waals surface area contributed by atoms with Crippen LogP contribution in [0.15, 0.2) is 34.5 Å². The van der Waals surface area contributed by atoms with Crippen LogP contribution in [0.5, 0.6) is 5.75 Å². The quantitative estimate of drug-likeness (QED) is 0.437. The van der Waals surface area contributed by atoms with Gasteiger partial charge in [0.25, 0.3) is 0 Å². The van der Waals surface area contributed by atoms with Crippen LogP contribution in [0.25, 0.3) is 0 Å². The number of morpholine rings is 1. The van der Waals surface area contributed by atoms with Crippen LogP contribution in [-0.2, 0) is 4.74 Å². The molecule has 7 heteroatoms. The molecule has 0 atom stereocenters. The van der Waals surface area contributed by atoms with Crippen LogP contribution in [-0.4, -0.2) is 56.5 Å². The number of ether oxygens (including phenoxy) is 2. The zero-order chi connectivity index (χ0) is 14.9. The molecule has 1 aliphatic rings. The summed E-state index contributed by atoms with van der Waals surface area (Å²) in [5.74, 6) is 0.692. The van der Waals surface area contributed by atoms with Crippen LogP contribution in [0.3, 0.4) is 0 Å². The third-order valence-corrected chi connectivity index (χ3v) is 3.06. The topological polar surface area (TPSA) is 98.5 Å². The van der Waals surface area contributed by atoms with Crippen LogP contribution in [0.4, 0.5) is 0 Å². The summed E-state index contributed by atoms with van der Waals surface area (Å²) in [5, 5.41) is 7.38. The number of rotatable bonds is 6. The highest BCUT2D eigenvalue weighted by Crippen LogP contribution is 2.16. The van der Waals surface area contributed by atoms with E-state index in [4.69, 9.17) is 20.9 Å². The average molecular weight is 291 g/mol.